The van der Waals surface area contributed by atoms with Crippen LogP contribution >= 0.6 is 0 Å². The minimum Gasteiger partial charge on any atom is -0.463 e. The summed E-state index contributed by atoms with van der Waals surface area (Å²) in [7, 11) is 0. The van der Waals surface area contributed by atoms with Gasteiger partial charge in [0.2, 0.25) is 0 Å². The molecule has 0 saturated heterocycles. The van der Waals surface area contributed by atoms with Crippen LogP contribution in [0.4, 0.5) is 0 Å². The Morgan fingerprint density at radius 2 is 2.05 bits per heavy atom. The lowest BCUT2D eigenvalue weighted by molar-refractivity contribution is -0.137. The Hall–Kier alpha value is -3.11. The molecular formula is C12H8N4O3. The van der Waals surface area contributed by atoms with Crippen LogP contribution in [0.2, 0.25) is 0 Å². The maximum absolute atomic E-state index is 11.6. The predicted molar refractivity (Wildman–Crippen MR) is 60.2 cm³/mol. The topological polar surface area (TPSA) is 127 Å². The molecule has 94 valence electrons. The molecule has 0 aliphatic carbocycles. The monoisotopic (exact) mass is 256 g/mol. The zero-order valence-corrected chi connectivity index (χ0v) is 9.93. The number of allylic oxidation sites excluding steroid dienone is 1. The molecule has 1 aliphatic rings. The molecule has 0 atom stereocenters. The average molecular weight is 256 g/mol. The summed E-state index contributed by atoms with van der Waals surface area (Å²) < 4.78 is 4.64. The highest BCUT2D eigenvalue weighted by atomic mass is 16.5. The second-order valence-electron chi connectivity index (χ2n) is 3.36. The number of nitrogens with one attached hydrogen (secondary N) is 1. The first-order valence-corrected chi connectivity index (χ1v) is 5.22. The smallest absolute Gasteiger partial charge is 0.331 e. The molecule has 0 bridgehead atoms. The van der Waals surface area contributed by atoms with Gasteiger partial charge in [-0.2, -0.15) is 15.8 Å². The molecule has 0 spiro atoms. The summed E-state index contributed by atoms with van der Waals surface area (Å²) in [6.45, 7) is 1.72. The Balaban J connectivity index is 3.26. The Morgan fingerprint density at radius 3 is 2.53 bits per heavy atom. The molecule has 0 unspecified atom stereocenters. The fraction of sp³-hybridized carbons (Fsp3) is 0.250. The number of nitriles is 3. The lowest BCUT2D eigenvalue weighted by Gasteiger charge is -2.00. The van der Waals surface area contributed by atoms with Crippen molar-refractivity contribution in [1.82, 2.24) is 5.32 Å². The van der Waals surface area contributed by atoms with Crippen LogP contribution in [0.1, 0.15) is 6.92 Å². The molecule has 0 fully saturated rings. The second-order valence-corrected chi connectivity index (χ2v) is 3.36. The van der Waals surface area contributed by atoms with Crippen LogP contribution in [0.25, 0.3) is 0 Å². The number of hydrogen-bond donors (Lipinski definition) is 1. The summed E-state index contributed by atoms with van der Waals surface area (Å²) in [6, 6.07) is 5.01. The summed E-state index contributed by atoms with van der Waals surface area (Å²) in [5.41, 5.74) is -0.495. The molecule has 19 heavy (non-hydrogen) atoms. The molecule has 1 aliphatic heterocycles. The van der Waals surface area contributed by atoms with E-state index in [1.165, 1.54) is 0 Å². The molecular weight excluding hydrogens is 248 g/mol. The fourth-order valence-electron chi connectivity index (χ4n) is 1.45. The molecule has 0 aromatic heterocycles. The van der Waals surface area contributed by atoms with Crippen LogP contribution in [0, 0.1) is 39.9 Å². The van der Waals surface area contributed by atoms with E-state index >= 15 is 0 Å². The van der Waals surface area contributed by atoms with Crippen molar-refractivity contribution in [2.75, 3.05) is 6.61 Å². The Bertz CT molecular complexity index is 596. The zero-order chi connectivity index (χ0) is 14.4. The Kier molecular flexibility index (Phi) is 4.40. The van der Waals surface area contributed by atoms with Crippen molar-refractivity contribution >= 4 is 11.9 Å². The van der Waals surface area contributed by atoms with E-state index in [4.69, 9.17) is 15.8 Å². The maximum atomic E-state index is 11.6. The average Bonchev–Trinajstić information content (AvgIpc) is 2.68. The molecule has 0 radical (unpaired) electrons. The number of nitrogens with zero attached hydrogens (tertiary/aromatic N) is 3. The number of ether oxygens (including phenoxy) is 1. The SMILES string of the molecule is CCOC(=O)/C=C1/C(=O)NC(C(C#N)C#N)=C1C#N. The lowest BCUT2D eigenvalue weighted by Crippen LogP contribution is -2.20. The van der Waals surface area contributed by atoms with Gasteiger partial charge in [-0.15, -0.1) is 0 Å². The Morgan fingerprint density at radius 1 is 1.42 bits per heavy atom. The third-order valence-corrected chi connectivity index (χ3v) is 2.24. The number of hydrogen-bond acceptors (Lipinski definition) is 6. The van der Waals surface area contributed by atoms with E-state index in [1.807, 2.05) is 0 Å². The van der Waals surface area contributed by atoms with Crippen molar-refractivity contribution in [2.24, 2.45) is 5.92 Å². The first kappa shape index (κ1) is 14.0. The second kappa shape index (κ2) is 6.00. The standard InChI is InChI=1S/C12H8N4O3/c1-2-19-10(17)3-8-9(6-15)11(16-12(8)18)7(4-13)5-14/h3,7H,2H2,1H3,(H,16,18)/b8-3+. The number of amides is 1. The van der Waals surface area contributed by atoms with Gasteiger partial charge < -0.3 is 10.1 Å². The summed E-state index contributed by atoms with van der Waals surface area (Å²) in [5, 5.41) is 28.8. The van der Waals surface area contributed by atoms with Gasteiger partial charge in [-0.1, -0.05) is 0 Å². The third-order valence-electron chi connectivity index (χ3n) is 2.24. The minimum atomic E-state index is -1.27. The van der Waals surface area contributed by atoms with E-state index in [9.17, 15) is 9.59 Å². The van der Waals surface area contributed by atoms with Crippen molar-refractivity contribution in [1.29, 1.82) is 15.8 Å². The zero-order valence-electron chi connectivity index (χ0n) is 9.93. The first-order chi connectivity index (χ1) is 9.08. The normalized spacial score (nSPS) is 15.7. The highest BCUT2D eigenvalue weighted by Gasteiger charge is 2.32. The van der Waals surface area contributed by atoms with Gasteiger partial charge in [0, 0.05) is 6.08 Å². The molecule has 7 heteroatoms. The van der Waals surface area contributed by atoms with Crippen LogP contribution in [0.15, 0.2) is 22.9 Å². The van der Waals surface area contributed by atoms with Gasteiger partial charge in [0.1, 0.15) is 6.07 Å². The molecule has 1 heterocycles. The molecule has 1 rings (SSSR count). The van der Waals surface area contributed by atoms with Gasteiger partial charge in [-0.3, -0.25) is 4.79 Å². The molecule has 1 N–H and O–H groups in total. The van der Waals surface area contributed by atoms with Gasteiger partial charge in [-0.25, -0.2) is 4.79 Å². The van der Waals surface area contributed by atoms with Gasteiger partial charge >= 0.3 is 5.97 Å². The number of carbonyl (C=O) groups excluding carboxylic acids is 2. The summed E-state index contributed by atoms with van der Waals surface area (Å²) in [5.74, 6) is -2.76. The minimum absolute atomic E-state index is 0.104. The van der Waals surface area contributed by atoms with Crippen LogP contribution in [0.3, 0.4) is 0 Å². The van der Waals surface area contributed by atoms with Crippen molar-refractivity contribution in [2.45, 2.75) is 6.92 Å². The van der Waals surface area contributed by atoms with Gasteiger partial charge in [0.25, 0.3) is 5.91 Å². The number of esters is 1. The van der Waals surface area contributed by atoms with Gasteiger partial charge in [-0.05, 0) is 6.92 Å². The predicted octanol–water partition coefficient (Wildman–Crippen LogP) is 0.0467. The largest absolute Gasteiger partial charge is 0.463 e. The van der Waals surface area contributed by atoms with E-state index in [2.05, 4.69) is 10.1 Å². The molecule has 1 amide bonds. The van der Waals surface area contributed by atoms with Crippen molar-refractivity contribution < 1.29 is 14.3 Å². The van der Waals surface area contributed by atoms with Crippen molar-refractivity contribution in [3.8, 4) is 18.2 Å². The van der Waals surface area contributed by atoms with E-state index in [-0.39, 0.29) is 23.5 Å². The Labute approximate surface area is 109 Å². The summed E-state index contributed by atoms with van der Waals surface area (Å²) in [4.78, 5) is 22.9. The fourth-order valence-corrected chi connectivity index (χ4v) is 1.45. The highest BCUT2D eigenvalue weighted by Crippen LogP contribution is 2.25. The quantitative estimate of drug-likeness (QED) is 0.561. The highest BCUT2D eigenvalue weighted by molar-refractivity contribution is 6.08. The third kappa shape index (κ3) is 2.77. The van der Waals surface area contributed by atoms with Crippen molar-refractivity contribution in [3.63, 3.8) is 0 Å². The molecule has 7 nitrogen and oxygen atoms in total. The van der Waals surface area contributed by atoms with E-state index in [0.717, 1.165) is 6.08 Å². The van der Waals surface area contributed by atoms with E-state index in [1.54, 1.807) is 25.1 Å². The van der Waals surface area contributed by atoms with E-state index < -0.39 is 17.8 Å². The molecule has 0 aromatic rings. The lowest BCUT2D eigenvalue weighted by atomic mass is 10.0. The number of carbonyl (C=O) groups is 2. The van der Waals surface area contributed by atoms with Crippen LogP contribution in [-0.4, -0.2) is 18.5 Å². The summed E-state index contributed by atoms with van der Waals surface area (Å²) in [6.07, 6.45) is 0.871. The van der Waals surface area contributed by atoms with Gasteiger partial charge in [0.15, 0.2) is 5.92 Å². The van der Waals surface area contributed by atoms with Crippen LogP contribution in [0.5, 0.6) is 0 Å². The van der Waals surface area contributed by atoms with Gasteiger partial charge in [0.05, 0.1) is 35.6 Å². The number of rotatable bonds is 3. The van der Waals surface area contributed by atoms with Crippen molar-refractivity contribution in [3.05, 3.63) is 22.9 Å². The first-order valence-electron chi connectivity index (χ1n) is 5.22. The van der Waals surface area contributed by atoms with E-state index in [0.29, 0.717) is 0 Å². The van der Waals surface area contributed by atoms with Crippen LogP contribution in [-0.2, 0) is 14.3 Å². The molecule has 0 saturated carbocycles. The maximum Gasteiger partial charge on any atom is 0.331 e. The summed E-state index contributed by atoms with van der Waals surface area (Å²) >= 11 is 0. The molecule has 0 aromatic carbocycles. The van der Waals surface area contributed by atoms with Crippen LogP contribution < -0.4 is 5.32 Å².